The van der Waals surface area contributed by atoms with Crippen LogP contribution in [0.15, 0.2) is 47.4 Å². The van der Waals surface area contributed by atoms with Crippen molar-refractivity contribution in [3.8, 4) is 0 Å². The third-order valence-electron chi connectivity index (χ3n) is 3.68. The predicted octanol–water partition coefficient (Wildman–Crippen LogP) is 5.05. The van der Waals surface area contributed by atoms with E-state index < -0.39 is 0 Å². The van der Waals surface area contributed by atoms with Gasteiger partial charge >= 0.3 is 0 Å². The van der Waals surface area contributed by atoms with Crippen LogP contribution in [0.5, 0.6) is 0 Å². The van der Waals surface area contributed by atoms with Crippen LogP contribution in [0.1, 0.15) is 35.2 Å². The SMILES string of the molecule is CCNC(CSc1cc(C)ccc1C)c1ccc(C)cc1. The maximum absolute atomic E-state index is 3.60. The summed E-state index contributed by atoms with van der Waals surface area (Å²) in [7, 11) is 0. The van der Waals surface area contributed by atoms with Gasteiger partial charge in [-0.15, -0.1) is 11.8 Å². The first-order chi connectivity index (χ1) is 10.1. The lowest BCUT2D eigenvalue weighted by molar-refractivity contribution is 0.606. The molecule has 0 fully saturated rings. The van der Waals surface area contributed by atoms with E-state index in [9.17, 15) is 0 Å². The Hall–Kier alpha value is -1.25. The van der Waals surface area contributed by atoms with Crippen LogP contribution < -0.4 is 5.32 Å². The van der Waals surface area contributed by atoms with Crippen LogP contribution in [-0.4, -0.2) is 12.3 Å². The molecule has 0 aliphatic rings. The lowest BCUT2D eigenvalue weighted by Gasteiger charge is -2.19. The van der Waals surface area contributed by atoms with Gasteiger partial charge in [0.2, 0.25) is 0 Å². The van der Waals surface area contributed by atoms with E-state index in [1.165, 1.54) is 27.1 Å². The summed E-state index contributed by atoms with van der Waals surface area (Å²) in [6.07, 6.45) is 0. The van der Waals surface area contributed by atoms with E-state index >= 15 is 0 Å². The van der Waals surface area contributed by atoms with E-state index in [0.29, 0.717) is 6.04 Å². The fraction of sp³-hybridized carbons (Fsp3) is 0.368. The van der Waals surface area contributed by atoms with E-state index in [2.05, 4.69) is 75.5 Å². The topological polar surface area (TPSA) is 12.0 Å². The van der Waals surface area contributed by atoms with Gasteiger partial charge in [0.1, 0.15) is 0 Å². The van der Waals surface area contributed by atoms with Gasteiger partial charge in [-0.2, -0.15) is 0 Å². The molecule has 2 aromatic carbocycles. The van der Waals surface area contributed by atoms with Crippen LogP contribution in [0.2, 0.25) is 0 Å². The van der Waals surface area contributed by atoms with Crippen molar-refractivity contribution in [2.75, 3.05) is 12.3 Å². The smallest absolute Gasteiger partial charge is 0.0415 e. The quantitative estimate of drug-likeness (QED) is 0.749. The number of hydrogen-bond acceptors (Lipinski definition) is 2. The largest absolute Gasteiger partial charge is 0.309 e. The third-order valence-corrected chi connectivity index (χ3v) is 4.93. The first kappa shape index (κ1) is 16.1. The number of aryl methyl sites for hydroxylation is 3. The zero-order valence-electron chi connectivity index (χ0n) is 13.4. The summed E-state index contributed by atoms with van der Waals surface area (Å²) in [5.41, 5.74) is 5.39. The van der Waals surface area contributed by atoms with Crippen LogP contribution in [0.4, 0.5) is 0 Å². The highest BCUT2D eigenvalue weighted by Crippen LogP contribution is 2.28. The molecule has 2 heteroatoms. The Morgan fingerprint density at radius 1 is 0.952 bits per heavy atom. The monoisotopic (exact) mass is 299 g/mol. The summed E-state index contributed by atoms with van der Waals surface area (Å²) >= 11 is 1.95. The Balaban J connectivity index is 2.09. The molecule has 1 atom stereocenters. The standard InChI is InChI=1S/C19H25NS/c1-5-20-18(17-10-7-14(2)8-11-17)13-21-19-12-15(3)6-9-16(19)4/h6-12,18,20H,5,13H2,1-4H3. The average molecular weight is 299 g/mol. The van der Waals surface area contributed by atoms with Crippen molar-refractivity contribution in [2.24, 2.45) is 0 Å². The lowest BCUT2D eigenvalue weighted by Crippen LogP contribution is -2.22. The van der Waals surface area contributed by atoms with Gasteiger partial charge in [-0.05, 0) is 44.5 Å². The molecule has 1 nitrogen and oxygen atoms in total. The third kappa shape index (κ3) is 4.62. The molecule has 0 aliphatic carbocycles. The van der Waals surface area contributed by atoms with Gasteiger partial charge in [0.15, 0.2) is 0 Å². The zero-order valence-corrected chi connectivity index (χ0v) is 14.3. The van der Waals surface area contributed by atoms with Crippen LogP contribution >= 0.6 is 11.8 Å². The Kier molecular flexibility index (Phi) is 5.89. The minimum atomic E-state index is 0.403. The summed E-state index contributed by atoms with van der Waals surface area (Å²) in [5.74, 6) is 1.06. The van der Waals surface area contributed by atoms with Crippen molar-refractivity contribution >= 4 is 11.8 Å². The van der Waals surface area contributed by atoms with Gasteiger partial charge in [0, 0.05) is 16.7 Å². The fourth-order valence-corrected chi connectivity index (χ4v) is 3.58. The molecule has 0 heterocycles. The van der Waals surface area contributed by atoms with Gasteiger partial charge in [0.05, 0.1) is 0 Å². The van der Waals surface area contributed by atoms with Crippen molar-refractivity contribution in [2.45, 2.75) is 38.6 Å². The molecule has 2 aromatic rings. The Bertz CT molecular complexity index is 575. The normalized spacial score (nSPS) is 12.4. The molecular formula is C19H25NS. The van der Waals surface area contributed by atoms with Crippen LogP contribution in [0.3, 0.4) is 0 Å². The molecule has 0 saturated carbocycles. The average Bonchev–Trinajstić information content (AvgIpc) is 2.48. The molecule has 2 rings (SSSR count). The number of benzene rings is 2. The van der Waals surface area contributed by atoms with E-state index in [0.717, 1.165) is 12.3 Å². The Labute approximate surface area is 133 Å². The number of rotatable bonds is 6. The molecule has 0 radical (unpaired) electrons. The van der Waals surface area contributed by atoms with E-state index in [1.807, 2.05) is 11.8 Å². The number of nitrogens with one attached hydrogen (secondary N) is 1. The highest BCUT2D eigenvalue weighted by Gasteiger charge is 2.11. The summed E-state index contributed by atoms with van der Waals surface area (Å²) in [5, 5.41) is 3.60. The van der Waals surface area contributed by atoms with Gasteiger partial charge in [-0.1, -0.05) is 54.4 Å². The zero-order chi connectivity index (χ0) is 15.2. The van der Waals surface area contributed by atoms with E-state index in [1.54, 1.807) is 0 Å². The van der Waals surface area contributed by atoms with Crippen molar-refractivity contribution in [1.29, 1.82) is 0 Å². The van der Waals surface area contributed by atoms with Gasteiger partial charge in [-0.25, -0.2) is 0 Å². The molecule has 0 saturated heterocycles. The highest BCUT2D eigenvalue weighted by molar-refractivity contribution is 7.99. The highest BCUT2D eigenvalue weighted by atomic mass is 32.2. The number of thioether (sulfide) groups is 1. The summed E-state index contributed by atoms with van der Waals surface area (Å²) in [6.45, 7) is 9.65. The molecule has 112 valence electrons. The van der Waals surface area contributed by atoms with Gasteiger partial charge in [-0.3, -0.25) is 0 Å². The van der Waals surface area contributed by atoms with Crippen LogP contribution in [0, 0.1) is 20.8 Å². The fourth-order valence-electron chi connectivity index (χ4n) is 2.35. The molecule has 1 N–H and O–H groups in total. The Morgan fingerprint density at radius 3 is 2.29 bits per heavy atom. The van der Waals surface area contributed by atoms with Crippen molar-refractivity contribution in [3.05, 3.63) is 64.7 Å². The molecule has 0 aromatic heterocycles. The summed E-state index contributed by atoms with van der Waals surface area (Å²) < 4.78 is 0. The molecule has 0 spiro atoms. The summed E-state index contributed by atoms with van der Waals surface area (Å²) in [6, 6.07) is 16.0. The van der Waals surface area contributed by atoms with Crippen LogP contribution in [-0.2, 0) is 0 Å². The van der Waals surface area contributed by atoms with Crippen molar-refractivity contribution in [3.63, 3.8) is 0 Å². The van der Waals surface area contributed by atoms with E-state index in [4.69, 9.17) is 0 Å². The summed E-state index contributed by atoms with van der Waals surface area (Å²) in [4.78, 5) is 1.39. The minimum absolute atomic E-state index is 0.403. The molecule has 0 bridgehead atoms. The first-order valence-corrected chi connectivity index (χ1v) is 8.58. The number of hydrogen-bond donors (Lipinski definition) is 1. The first-order valence-electron chi connectivity index (χ1n) is 7.60. The minimum Gasteiger partial charge on any atom is -0.309 e. The molecule has 0 aliphatic heterocycles. The molecule has 0 amide bonds. The van der Waals surface area contributed by atoms with Crippen LogP contribution in [0.25, 0.3) is 0 Å². The van der Waals surface area contributed by atoms with Crippen molar-refractivity contribution < 1.29 is 0 Å². The second-order valence-corrected chi connectivity index (χ2v) is 6.66. The second-order valence-electron chi connectivity index (χ2n) is 5.60. The van der Waals surface area contributed by atoms with Gasteiger partial charge in [0.25, 0.3) is 0 Å². The predicted molar refractivity (Wildman–Crippen MR) is 94.2 cm³/mol. The van der Waals surface area contributed by atoms with E-state index in [-0.39, 0.29) is 0 Å². The lowest BCUT2D eigenvalue weighted by atomic mass is 10.1. The maximum atomic E-state index is 3.60. The molecule has 21 heavy (non-hydrogen) atoms. The molecular weight excluding hydrogens is 274 g/mol. The Morgan fingerprint density at radius 2 is 1.62 bits per heavy atom. The van der Waals surface area contributed by atoms with Crippen molar-refractivity contribution in [1.82, 2.24) is 5.32 Å². The maximum Gasteiger partial charge on any atom is 0.0415 e. The molecule has 1 unspecified atom stereocenters. The van der Waals surface area contributed by atoms with Gasteiger partial charge < -0.3 is 5.32 Å². The second kappa shape index (κ2) is 7.67.